The van der Waals surface area contributed by atoms with E-state index in [0.717, 1.165) is 6.42 Å². The van der Waals surface area contributed by atoms with Gasteiger partial charge in [0.25, 0.3) is 0 Å². The van der Waals surface area contributed by atoms with E-state index in [-0.39, 0.29) is 34.9 Å². The Hall–Kier alpha value is -1.56. The van der Waals surface area contributed by atoms with Crippen LogP contribution in [0.5, 0.6) is 5.88 Å². The first kappa shape index (κ1) is 11.9. The van der Waals surface area contributed by atoms with Crippen LogP contribution < -0.4 is 4.74 Å². The van der Waals surface area contributed by atoms with Gasteiger partial charge < -0.3 is 14.4 Å². The van der Waals surface area contributed by atoms with E-state index < -0.39 is 12.6 Å². The van der Waals surface area contributed by atoms with Crippen molar-refractivity contribution in [3.05, 3.63) is 17.0 Å². The van der Waals surface area contributed by atoms with Gasteiger partial charge in [-0.1, -0.05) is 11.6 Å². The number of methoxy groups -OCH3 is 1. The van der Waals surface area contributed by atoms with Crippen molar-refractivity contribution in [2.75, 3.05) is 20.1 Å². The predicted molar refractivity (Wildman–Crippen MR) is 83.2 cm³/mol. The number of carbonyl (C=O) groups is 1. The predicted octanol–water partition coefficient (Wildman–Crippen LogP) is 2.94. The van der Waals surface area contributed by atoms with Crippen molar-refractivity contribution in [3.8, 4) is 5.88 Å². The third-order valence-corrected chi connectivity index (χ3v) is 3.45. The normalized spacial score (nSPS) is 21.6. The van der Waals surface area contributed by atoms with Crippen LogP contribution in [-0.2, 0) is 11.2 Å². The van der Waals surface area contributed by atoms with Crippen LogP contribution in [0.15, 0.2) is 6.17 Å². The Morgan fingerprint density at radius 1 is 1.64 bits per heavy atom. The van der Waals surface area contributed by atoms with Gasteiger partial charge in [-0.2, -0.15) is 4.98 Å². The highest BCUT2D eigenvalue weighted by molar-refractivity contribution is 6.31. The van der Waals surface area contributed by atoms with Gasteiger partial charge in [0, 0.05) is 19.5 Å². The van der Waals surface area contributed by atoms with Gasteiger partial charge in [0.1, 0.15) is 16.4 Å². The Kier molecular flexibility index (Phi) is 3.63. The van der Waals surface area contributed by atoms with Crippen LogP contribution in [0.4, 0.5) is 4.79 Å². The van der Waals surface area contributed by atoms with Gasteiger partial charge >= 0.3 is 6.09 Å². The highest BCUT2D eigenvalue weighted by Gasteiger charge is 2.30. The molecule has 0 radical (unpaired) electrons. The van der Waals surface area contributed by atoms with Crippen LogP contribution in [0.25, 0.3) is 0 Å². The topological polar surface area (TPSA) is 64.6 Å². The summed E-state index contributed by atoms with van der Waals surface area (Å²) in [7, 11) is -2.72. The zero-order valence-electron chi connectivity index (χ0n) is 16.9. The molecule has 0 aromatic carbocycles. The summed E-state index contributed by atoms with van der Waals surface area (Å²) in [5.41, 5.74) is -0.559. The number of nitrogens with zero attached hydrogens (tertiary/aromatic N) is 3. The smallest absolute Gasteiger partial charge is 0.410 e. The minimum Gasteiger partial charge on any atom is -0.480 e. The molecular formula is C15H22ClN3O3. The number of hydrogen-bond donors (Lipinski definition) is 0. The Balaban J connectivity index is 2.04. The van der Waals surface area contributed by atoms with Crippen molar-refractivity contribution in [2.24, 2.45) is 5.92 Å². The van der Waals surface area contributed by atoms with E-state index in [4.69, 9.17) is 26.6 Å². The zero-order chi connectivity index (χ0) is 19.7. The standard InChI is InChI=1S/C15H22ClN3O3/c1-15(2,3)22-14(20)19-6-5-10(9-19)7-12-17-8-11(16)13(18-12)21-4/h8,10H,5-7,9H2,1-4H3/t10-/m0/s1/i4D3,8D. The molecule has 1 fully saturated rings. The lowest BCUT2D eigenvalue weighted by molar-refractivity contribution is 0.0288. The molecule has 1 aromatic rings. The van der Waals surface area contributed by atoms with Crippen molar-refractivity contribution in [3.63, 3.8) is 0 Å². The molecule has 1 aliphatic rings. The van der Waals surface area contributed by atoms with Gasteiger partial charge in [0.05, 0.1) is 18.7 Å². The van der Waals surface area contributed by atoms with Crippen molar-refractivity contribution in [2.45, 2.75) is 39.2 Å². The summed E-state index contributed by atoms with van der Waals surface area (Å²) in [5, 5.41) is -0.244. The Labute approximate surface area is 141 Å². The van der Waals surface area contributed by atoms with E-state index in [1.54, 1.807) is 4.90 Å². The molecule has 6 nitrogen and oxygen atoms in total. The lowest BCUT2D eigenvalue weighted by atomic mass is 10.0. The molecule has 1 saturated heterocycles. The fourth-order valence-corrected chi connectivity index (χ4v) is 2.38. The molecule has 2 heterocycles. The molecule has 22 heavy (non-hydrogen) atoms. The molecule has 0 aliphatic carbocycles. The molecule has 1 atom stereocenters. The number of ether oxygens (including phenoxy) is 2. The van der Waals surface area contributed by atoms with Crippen LogP contribution in [0.3, 0.4) is 0 Å². The summed E-state index contributed by atoms with van der Waals surface area (Å²) in [4.78, 5) is 21.7. The van der Waals surface area contributed by atoms with E-state index in [1.807, 2.05) is 20.8 Å². The highest BCUT2D eigenvalue weighted by atomic mass is 35.5. The fourth-order valence-electron chi connectivity index (χ4n) is 2.26. The van der Waals surface area contributed by atoms with Crippen molar-refractivity contribution in [1.29, 1.82) is 0 Å². The number of aromatic nitrogens is 2. The second kappa shape index (κ2) is 6.69. The summed E-state index contributed by atoms with van der Waals surface area (Å²) in [6.45, 7) is 6.45. The van der Waals surface area contributed by atoms with E-state index in [0.29, 0.717) is 19.5 Å². The minimum atomic E-state index is -2.72. The van der Waals surface area contributed by atoms with E-state index >= 15 is 0 Å². The first-order valence-corrected chi connectivity index (χ1v) is 7.42. The molecule has 1 aliphatic heterocycles. The Bertz CT molecular complexity index is 679. The van der Waals surface area contributed by atoms with Crippen LogP contribution in [0.2, 0.25) is 5.02 Å². The first-order valence-electron chi connectivity index (χ1n) is 9.04. The summed E-state index contributed by atoms with van der Waals surface area (Å²) in [5.74, 6) is 0.00190. The van der Waals surface area contributed by atoms with Crippen LogP contribution in [0, 0.1) is 5.92 Å². The largest absolute Gasteiger partial charge is 0.480 e. The fraction of sp³-hybridized carbons (Fsp3) is 0.667. The van der Waals surface area contributed by atoms with Gasteiger partial charge in [-0.15, -0.1) is 0 Å². The maximum atomic E-state index is 12.1. The molecule has 0 unspecified atom stereocenters. The second-order valence-corrected chi connectivity index (χ2v) is 6.64. The molecule has 0 spiro atoms. The lowest BCUT2D eigenvalue weighted by Crippen LogP contribution is -2.35. The lowest BCUT2D eigenvalue weighted by Gasteiger charge is -2.24. The maximum absolute atomic E-state index is 12.1. The van der Waals surface area contributed by atoms with Crippen molar-refractivity contribution >= 4 is 17.7 Å². The van der Waals surface area contributed by atoms with E-state index in [1.165, 1.54) is 0 Å². The molecule has 1 aromatic heterocycles. The zero-order valence-corrected chi connectivity index (χ0v) is 13.6. The Morgan fingerprint density at radius 2 is 2.41 bits per heavy atom. The van der Waals surface area contributed by atoms with Gasteiger partial charge in [0.15, 0.2) is 0 Å². The van der Waals surface area contributed by atoms with Crippen LogP contribution >= 0.6 is 11.6 Å². The van der Waals surface area contributed by atoms with Gasteiger partial charge in [-0.25, -0.2) is 9.78 Å². The molecule has 1 amide bonds. The molecule has 0 saturated carbocycles. The number of carbonyl (C=O) groups excluding carboxylic acids is 1. The molecule has 122 valence electrons. The van der Waals surface area contributed by atoms with Crippen LogP contribution in [0.1, 0.15) is 38.5 Å². The average molecular weight is 332 g/mol. The molecule has 2 rings (SSSR count). The van der Waals surface area contributed by atoms with E-state index in [2.05, 4.69) is 9.97 Å². The average Bonchev–Trinajstić information content (AvgIpc) is 2.89. The monoisotopic (exact) mass is 331 g/mol. The maximum Gasteiger partial charge on any atom is 0.410 e. The quantitative estimate of drug-likeness (QED) is 0.852. The number of likely N-dealkylation sites (tertiary alicyclic amines) is 1. The number of amides is 1. The van der Waals surface area contributed by atoms with Crippen LogP contribution in [-0.4, -0.2) is 46.7 Å². The first-order chi connectivity index (χ1) is 11.8. The molecule has 0 bridgehead atoms. The molecule has 0 N–H and O–H groups in total. The van der Waals surface area contributed by atoms with Gasteiger partial charge in [-0.05, 0) is 33.1 Å². The summed E-state index contributed by atoms with van der Waals surface area (Å²) >= 11 is 5.86. The minimum absolute atomic E-state index is 0.0729. The number of halogens is 1. The summed E-state index contributed by atoms with van der Waals surface area (Å²) in [6.07, 6.45) is 0.441. The number of hydrogen-bond acceptors (Lipinski definition) is 5. The summed E-state index contributed by atoms with van der Waals surface area (Å²) in [6, 6.07) is 0. The number of rotatable bonds is 3. The SMILES string of the molecule is [2H]c1nc(C[C@@H]2CCN(C(=O)OC(C)(C)C)C2)nc(OC([2H])([2H])[2H])c1Cl. The third-order valence-electron chi connectivity index (χ3n) is 3.21. The highest BCUT2D eigenvalue weighted by Crippen LogP contribution is 2.24. The molecule has 7 heteroatoms. The van der Waals surface area contributed by atoms with Gasteiger partial charge in [0.2, 0.25) is 5.88 Å². The third kappa shape index (κ3) is 4.47. The summed E-state index contributed by atoms with van der Waals surface area (Å²) < 4.78 is 39.3. The van der Waals surface area contributed by atoms with Gasteiger partial charge in [-0.3, -0.25) is 0 Å². The van der Waals surface area contributed by atoms with E-state index in [9.17, 15) is 4.79 Å². The Morgan fingerprint density at radius 3 is 3.09 bits per heavy atom. The molecular weight excluding hydrogens is 306 g/mol. The van der Waals surface area contributed by atoms with Crippen molar-refractivity contribution < 1.29 is 19.8 Å². The second-order valence-electron chi connectivity index (χ2n) is 6.26. The van der Waals surface area contributed by atoms with Crippen molar-refractivity contribution in [1.82, 2.24) is 14.9 Å².